The number of hydrogen-bond donors (Lipinski definition) is 0. The van der Waals surface area contributed by atoms with Crippen LogP contribution in [0.2, 0.25) is 0 Å². The van der Waals surface area contributed by atoms with Crippen LogP contribution in [0.15, 0.2) is 152 Å². The first kappa shape index (κ1) is 41.5. The van der Waals surface area contributed by atoms with Crippen LogP contribution in [0.5, 0.6) is 0 Å². The summed E-state index contributed by atoms with van der Waals surface area (Å²) >= 11 is 0. The van der Waals surface area contributed by atoms with E-state index >= 15 is 0 Å². The second-order valence-electron chi connectivity index (χ2n) is 10.1. The van der Waals surface area contributed by atoms with Gasteiger partial charge in [-0.2, -0.15) is 6.92 Å². The van der Waals surface area contributed by atoms with Gasteiger partial charge >= 0.3 is 11.3 Å². The minimum Gasteiger partial charge on any atom is -0.0746 e. The summed E-state index contributed by atoms with van der Waals surface area (Å²) < 4.78 is 7.50. The molecule has 245 valence electrons. The SMILES string of the molecule is C[C-]=O.[C-]#[O+].[CH]1[CH][CH][CH][CH]1.[Fe].c1ccc(P(CCP(c2ccccc2)c2ccccc2)CCP(c2ccccc2)c2ccccc2)cc1. The van der Waals surface area contributed by atoms with E-state index in [9.17, 15) is 0 Å². The predicted octanol–water partition coefficient (Wildman–Crippen LogP) is 8.16. The average Bonchev–Trinajstić information content (AvgIpc) is 3.75. The van der Waals surface area contributed by atoms with Crippen molar-refractivity contribution in [1.82, 2.24) is 0 Å². The zero-order valence-electron chi connectivity index (χ0n) is 27.2. The summed E-state index contributed by atoms with van der Waals surface area (Å²) in [5.41, 5.74) is 0. The summed E-state index contributed by atoms with van der Waals surface area (Å²) in [6.45, 7) is 5.82. The van der Waals surface area contributed by atoms with Crippen LogP contribution in [0, 0.1) is 38.8 Å². The van der Waals surface area contributed by atoms with Crippen molar-refractivity contribution in [3.05, 3.63) is 190 Å². The molecule has 0 unspecified atom stereocenters. The summed E-state index contributed by atoms with van der Waals surface area (Å²) in [6.07, 6.45) is 16.5. The molecule has 6 heteroatoms. The molecule has 0 atom stereocenters. The quantitative estimate of drug-likeness (QED) is 0.0586. The Morgan fingerprint density at radius 1 is 0.438 bits per heavy atom. The summed E-state index contributed by atoms with van der Waals surface area (Å²) in [5, 5.41) is 7.50. The Morgan fingerprint density at radius 2 is 0.646 bits per heavy atom. The summed E-state index contributed by atoms with van der Waals surface area (Å²) in [4.78, 5) is 8.68. The normalized spacial score (nSPS) is 11.5. The van der Waals surface area contributed by atoms with Crippen molar-refractivity contribution >= 4 is 56.6 Å². The maximum Gasteiger partial charge on any atom is 0 e. The maximum atomic E-state index is 8.68. The zero-order chi connectivity index (χ0) is 33.4. The van der Waals surface area contributed by atoms with E-state index in [1.165, 1.54) is 59.1 Å². The van der Waals surface area contributed by atoms with Gasteiger partial charge < -0.3 is 4.79 Å². The number of rotatable bonds is 11. The first-order valence-electron chi connectivity index (χ1n) is 15.5. The van der Waals surface area contributed by atoms with Crippen LogP contribution in [0.4, 0.5) is 0 Å². The molecule has 1 fully saturated rings. The number of hydrogen-bond acceptors (Lipinski definition) is 1. The van der Waals surface area contributed by atoms with Gasteiger partial charge in [0.05, 0.1) is 0 Å². The molecule has 0 aromatic heterocycles. The molecule has 2 nitrogen and oxygen atoms in total. The fourth-order valence-corrected chi connectivity index (χ4v) is 13.6. The Kier molecular flexibility index (Phi) is 22.7. The van der Waals surface area contributed by atoms with E-state index in [1.54, 1.807) is 5.30 Å². The van der Waals surface area contributed by atoms with Gasteiger partial charge in [0.2, 0.25) is 0 Å². The predicted molar refractivity (Wildman–Crippen MR) is 207 cm³/mol. The molecule has 1 aliphatic carbocycles. The first-order chi connectivity index (χ1) is 23.3. The van der Waals surface area contributed by atoms with Crippen LogP contribution in [0.1, 0.15) is 6.92 Å². The van der Waals surface area contributed by atoms with E-state index in [-0.39, 0.29) is 40.8 Å². The topological polar surface area (TPSA) is 37.0 Å². The molecular weight excluding hydrogens is 685 g/mol. The van der Waals surface area contributed by atoms with Gasteiger partial charge in [-0.3, -0.25) is 6.29 Å². The minimum absolute atomic E-state index is 0. The van der Waals surface area contributed by atoms with E-state index in [0.717, 1.165) is 0 Å². The molecular formula is C42H41FeO2P3-. The Morgan fingerprint density at radius 3 is 0.875 bits per heavy atom. The fourth-order valence-electron chi connectivity index (χ4n) is 5.02. The van der Waals surface area contributed by atoms with Crippen LogP contribution in [-0.2, 0) is 26.5 Å². The van der Waals surface area contributed by atoms with Crippen molar-refractivity contribution in [3.63, 3.8) is 0 Å². The van der Waals surface area contributed by atoms with Crippen LogP contribution < -0.4 is 26.5 Å². The van der Waals surface area contributed by atoms with Crippen molar-refractivity contribution in [2.24, 2.45) is 0 Å². The van der Waals surface area contributed by atoms with Crippen molar-refractivity contribution in [2.75, 3.05) is 24.6 Å². The Balaban J connectivity index is 0.000000639. The molecule has 48 heavy (non-hydrogen) atoms. The van der Waals surface area contributed by atoms with Gasteiger partial charge in [-0.25, -0.2) is 0 Å². The molecule has 0 aliphatic heterocycles. The second kappa shape index (κ2) is 26.2. The fraction of sp³-hybridized carbons (Fsp3) is 0.119. The van der Waals surface area contributed by atoms with E-state index in [4.69, 9.17) is 9.45 Å². The molecule has 0 bridgehead atoms. The summed E-state index contributed by atoms with van der Waals surface area (Å²) in [7, 11) is -0.982. The molecule has 0 amide bonds. The Labute approximate surface area is 303 Å². The first-order valence-corrected chi connectivity index (χ1v) is 20.3. The third-order valence-electron chi connectivity index (χ3n) is 7.14. The largest absolute Gasteiger partial charge is 0.0746 e. The summed E-state index contributed by atoms with van der Waals surface area (Å²) in [5.74, 6) is 0. The maximum absolute atomic E-state index is 8.68. The van der Waals surface area contributed by atoms with E-state index in [0.29, 0.717) is 0 Å². The second-order valence-corrected chi connectivity index (χ2v) is 17.3. The molecule has 6 rings (SSSR count). The van der Waals surface area contributed by atoms with Gasteiger partial charge in [0, 0.05) is 17.1 Å². The molecule has 5 aromatic rings. The van der Waals surface area contributed by atoms with Crippen molar-refractivity contribution in [2.45, 2.75) is 6.92 Å². The molecule has 1 saturated carbocycles. The van der Waals surface area contributed by atoms with Crippen LogP contribution in [0.3, 0.4) is 0 Å². The molecule has 5 radical (unpaired) electrons. The van der Waals surface area contributed by atoms with Crippen LogP contribution >= 0.6 is 23.8 Å². The minimum atomic E-state index is -0.366. The molecule has 0 spiro atoms. The molecule has 5 aromatic carbocycles. The molecule has 0 heterocycles. The third-order valence-corrected chi connectivity index (χ3v) is 15.4. The third kappa shape index (κ3) is 14.8. The van der Waals surface area contributed by atoms with Crippen LogP contribution in [-0.4, -0.2) is 30.9 Å². The number of carbonyl (C=O) groups excluding carboxylic acids is 1. The van der Waals surface area contributed by atoms with E-state index < -0.39 is 0 Å². The van der Waals surface area contributed by atoms with Crippen molar-refractivity contribution in [1.29, 1.82) is 0 Å². The van der Waals surface area contributed by atoms with Gasteiger partial charge in [0.25, 0.3) is 0 Å². The van der Waals surface area contributed by atoms with Gasteiger partial charge in [-0.15, -0.1) is 0 Å². The average molecular weight is 727 g/mol. The Hall–Kier alpha value is -2.68. The van der Waals surface area contributed by atoms with E-state index in [2.05, 4.69) is 158 Å². The standard InChI is InChI=1S/C34H33P3.C5H5.C2H3O.CO.Fe/c1-6-16-30(17-7-1)35(26-28-36(31-18-8-2-9-19-31)32-20-10-3-11-21-32)27-29-37(33-22-12-4-13-23-33)34-24-14-5-15-25-34;1-2-4-5-3-1;1-2-3;1-2;/h1-25H,26-29H2;1-5H;1H3;;/q;;-1;;. The molecule has 1 aliphatic rings. The van der Waals surface area contributed by atoms with Gasteiger partial charge in [0.15, 0.2) is 0 Å². The zero-order valence-corrected chi connectivity index (χ0v) is 30.9. The smallest absolute Gasteiger partial charge is 0 e. The molecule has 0 saturated heterocycles. The molecule has 0 N–H and O–H groups in total. The van der Waals surface area contributed by atoms with Crippen LogP contribution in [0.25, 0.3) is 0 Å². The van der Waals surface area contributed by atoms with Gasteiger partial charge in [-0.05, 0) is 99.1 Å². The monoisotopic (exact) mass is 726 g/mol. The number of benzene rings is 5. The summed E-state index contributed by atoms with van der Waals surface area (Å²) in [6, 6.07) is 56.0. The van der Waals surface area contributed by atoms with Crippen molar-refractivity contribution in [3.8, 4) is 0 Å². The Bertz CT molecular complexity index is 1330. The van der Waals surface area contributed by atoms with E-state index in [1.807, 2.05) is 32.1 Å². The van der Waals surface area contributed by atoms with Gasteiger partial charge in [-0.1, -0.05) is 160 Å². The van der Waals surface area contributed by atoms with Crippen molar-refractivity contribution < 1.29 is 26.5 Å². The van der Waals surface area contributed by atoms with Gasteiger partial charge in [0.1, 0.15) is 0 Å².